The molecule has 0 aliphatic carbocycles. The minimum atomic E-state index is -0.833. The van der Waals surface area contributed by atoms with Crippen LogP contribution < -0.4 is 35.5 Å². The normalized spacial score (nSPS) is 6.00. The van der Waals surface area contributed by atoms with Gasteiger partial charge < -0.3 is 11.4 Å². The molecule has 11 heavy (non-hydrogen) atoms. The summed E-state index contributed by atoms with van der Waals surface area (Å²) in [4.78, 5) is 22.4. The molecule has 5 nitrogen and oxygen atoms in total. The summed E-state index contributed by atoms with van der Waals surface area (Å²) in [6.45, 7) is 4.16. The van der Waals surface area contributed by atoms with Gasteiger partial charge in [0.25, 0.3) is 5.97 Å². The summed E-state index contributed by atoms with van der Waals surface area (Å²) in [5.41, 5.74) is 0. The van der Waals surface area contributed by atoms with E-state index >= 15 is 0 Å². The van der Waals surface area contributed by atoms with Crippen LogP contribution in [0.5, 0.6) is 0 Å². The van der Waals surface area contributed by atoms with Crippen molar-refractivity contribution in [1.82, 2.24) is 0 Å². The Morgan fingerprint density at radius 2 is 2.00 bits per heavy atom. The van der Waals surface area contributed by atoms with Gasteiger partial charge in [0, 0.05) is 13.0 Å². The number of hydrogen-bond acceptors (Lipinski definition) is 4. The van der Waals surface area contributed by atoms with E-state index in [1.807, 2.05) is 0 Å². The van der Waals surface area contributed by atoms with Gasteiger partial charge in [-0.15, -0.1) is 0 Å². The van der Waals surface area contributed by atoms with Crippen LogP contribution >= 0.6 is 0 Å². The Labute approximate surface area is 87.9 Å². The molecule has 0 aliphatic rings. The van der Waals surface area contributed by atoms with Crippen LogP contribution in [0.4, 0.5) is 0 Å². The molecule has 3 N–H and O–H groups in total. The maximum absolute atomic E-state index is 9.72. The molecule has 0 amide bonds. The first kappa shape index (κ1) is 16.9. The third-order valence-corrected chi connectivity index (χ3v) is 0.283. The van der Waals surface area contributed by atoms with Crippen molar-refractivity contribution in [1.29, 1.82) is 0 Å². The number of carboxylic acids is 1. The fourth-order valence-electron chi connectivity index (χ4n) is 0.0481. The van der Waals surface area contributed by atoms with Crippen molar-refractivity contribution in [3.63, 3.8) is 0 Å². The van der Waals surface area contributed by atoms with E-state index in [2.05, 4.69) is 17.3 Å². The molecular weight excluding hydrogens is 161 g/mol. The summed E-state index contributed by atoms with van der Waals surface area (Å²) >= 11 is 0. The van der Waals surface area contributed by atoms with Crippen molar-refractivity contribution < 1.29 is 50.5 Å². The standard InChI is InChI=1S/C3H5NO2.C2H4O2.Na.H/c1-2-3(5)6-4;1-2(3)4;;/h2H,1,4H2;1H3,(H,3,4);;/q;;+1;-1. The Bertz CT molecular complexity index is 137. The maximum Gasteiger partial charge on any atom is 1.00 e. The smallest absolute Gasteiger partial charge is 1.00 e. The molecule has 0 saturated heterocycles. The van der Waals surface area contributed by atoms with Gasteiger partial charge >= 0.3 is 35.5 Å². The Balaban J connectivity index is -0.0000000483. The Morgan fingerprint density at radius 1 is 1.73 bits per heavy atom. The second-order valence-electron chi connectivity index (χ2n) is 1.16. The Morgan fingerprint density at radius 3 is 2.00 bits per heavy atom. The van der Waals surface area contributed by atoms with Gasteiger partial charge in [0.2, 0.25) is 0 Å². The number of hydrogen-bond donors (Lipinski definition) is 2. The van der Waals surface area contributed by atoms with E-state index in [4.69, 9.17) is 9.90 Å². The molecule has 60 valence electrons. The molecule has 0 aromatic carbocycles. The Kier molecular flexibility index (Phi) is 19.0. The summed E-state index contributed by atoms with van der Waals surface area (Å²) in [6, 6.07) is 0. The minimum Gasteiger partial charge on any atom is -1.00 e. The van der Waals surface area contributed by atoms with Gasteiger partial charge in [-0.2, -0.15) is 5.90 Å². The first-order chi connectivity index (χ1) is 4.54. The van der Waals surface area contributed by atoms with E-state index in [1.54, 1.807) is 0 Å². The van der Waals surface area contributed by atoms with Crippen LogP contribution in [-0.4, -0.2) is 17.0 Å². The summed E-state index contributed by atoms with van der Waals surface area (Å²) in [5.74, 6) is 2.91. The van der Waals surface area contributed by atoms with Crippen LogP contribution in [-0.2, 0) is 14.4 Å². The molecule has 0 atom stereocenters. The SMILES string of the molecule is C=CC(=O)ON.CC(=O)O.[H-].[Na+]. The number of carboxylic acid groups (broad SMARTS) is 1. The molecule has 6 heteroatoms. The average Bonchev–Trinajstić information content (AvgIpc) is 1.85. The largest absolute Gasteiger partial charge is 1.00 e. The van der Waals surface area contributed by atoms with Crippen LogP contribution in [0.1, 0.15) is 8.35 Å². The molecule has 0 aromatic rings. The fraction of sp³-hybridized carbons (Fsp3) is 0.200. The van der Waals surface area contributed by atoms with E-state index in [0.29, 0.717) is 0 Å². The van der Waals surface area contributed by atoms with Gasteiger partial charge in [0.05, 0.1) is 0 Å². The van der Waals surface area contributed by atoms with Crippen molar-refractivity contribution in [2.75, 3.05) is 0 Å². The zero-order chi connectivity index (χ0) is 8.57. The van der Waals surface area contributed by atoms with Gasteiger partial charge in [-0.1, -0.05) is 6.58 Å². The molecule has 0 aromatic heterocycles. The third-order valence-electron chi connectivity index (χ3n) is 0.283. The summed E-state index contributed by atoms with van der Waals surface area (Å²) in [7, 11) is 0. The van der Waals surface area contributed by atoms with Gasteiger partial charge in [0.15, 0.2) is 0 Å². The van der Waals surface area contributed by atoms with Crippen molar-refractivity contribution in [2.45, 2.75) is 6.92 Å². The quantitative estimate of drug-likeness (QED) is 0.246. The van der Waals surface area contributed by atoms with Gasteiger partial charge in [-0.3, -0.25) is 4.79 Å². The van der Waals surface area contributed by atoms with E-state index < -0.39 is 11.9 Å². The number of aliphatic carboxylic acids is 1. The predicted molar refractivity (Wildman–Crippen MR) is 34.9 cm³/mol. The molecule has 0 heterocycles. The molecule has 0 aliphatic heterocycles. The van der Waals surface area contributed by atoms with Crippen molar-refractivity contribution in [2.24, 2.45) is 5.90 Å². The molecule has 0 saturated carbocycles. The molecule has 0 rings (SSSR count). The van der Waals surface area contributed by atoms with Crippen LogP contribution in [0.15, 0.2) is 12.7 Å². The zero-order valence-corrected chi connectivity index (χ0v) is 8.53. The third kappa shape index (κ3) is 42.5. The number of rotatable bonds is 1. The van der Waals surface area contributed by atoms with Crippen LogP contribution in [0, 0.1) is 0 Å². The van der Waals surface area contributed by atoms with Crippen molar-refractivity contribution >= 4 is 11.9 Å². The molecule has 0 radical (unpaired) electrons. The average molecular weight is 171 g/mol. The zero-order valence-electron chi connectivity index (χ0n) is 7.53. The maximum atomic E-state index is 9.72. The van der Waals surface area contributed by atoms with Crippen molar-refractivity contribution in [3.8, 4) is 0 Å². The molecule has 0 spiro atoms. The molecular formula is C5H10NNaO4. The second kappa shape index (κ2) is 12.3. The Hall–Kier alpha value is -0.360. The number of nitrogens with two attached hydrogens (primary N) is 1. The molecule has 0 unspecified atom stereocenters. The summed E-state index contributed by atoms with van der Waals surface area (Å²) < 4.78 is 0. The van der Waals surface area contributed by atoms with Gasteiger partial charge in [-0.25, -0.2) is 4.79 Å². The predicted octanol–water partition coefficient (Wildman–Crippen LogP) is -3.20. The summed E-state index contributed by atoms with van der Waals surface area (Å²) in [5, 5.41) is 7.42. The van der Waals surface area contributed by atoms with Crippen LogP contribution in [0.25, 0.3) is 0 Å². The van der Waals surface area contributed by atoms with Crippen LogP contribution in [0.2, 0.25) is 0 Å². The van der Waals surface area contributed by atoms with E-state index in [-0.39, 0.29) is 31.0 Å². The molecule has 0 bridgehead atoms. The first-order valence-electron chi connectivity index (χ1n) is 2.27. The van der Waals surface area contributed by atoms with Gasteiger partial charge in [-0.05, 0) is 0 Å². The van der Waals surface area contributed by atoms with E-state index in [9.17, 15) is 4.79 Å². The van der Waals surface area contributed by atoms with Gasteiger partial charge in [0.1, 0.15) is 0 Å². The van der Waals surface area contributed by atoms with E-state index in [1.165, 1.54) is 0 Å². The number of carbonyl (C=O) groups is 2. The van der Waals surface area contributed by atoms with Crippen LogP contribution in [0.3, 0.4) is 0 Å². The molecule has 0 fully saturated rings. The van der Waals surface area contributed by atoms with E-state index in [0.717, 1.165) is 13.0 Å². The first-order valence-corrected chi connectivity index (χ1v) is 2.27. The topological polar surface area (TPSA) is 89.6 Å². The minimum absolute atomic E-state index is 0. The monoisotopic (exact) mass is 171 g/mol. The number of carbonyl (C=O) groups excluding carboxylic acids is 1. The van der Waals surface area contributed by atoms with Crippen molar-refractivity contribution in [3.05, 3.63) is 12.7 Å². The fourth-order valence-corrected chi connectivity index (χ4v) is 0.0481. The second-order valence-corrected chi connectivity index (χ2v) is 1.16. The summed E-state index contributed by atoms with van der Waals surface area (Å²) in [6.07, 6.45) is 0.986.